The first-order chi connectivity index (χ1) is 18.5. The molecule has 9 nitrogen and oxygen atoms in total. The first-order valence-corrected chi connectivity index (χ1v) is 13.1. The van der Waals surface area contributed by atoms with Gasteiger partial charge < -0.3 is 25.3 Å². The van der Waals surface area contributed by atoms with Gasteiger partial charge in [-0.15, -0.1) is 0 Å². The number of carbonyl (C=O) groups is 1. The van der Waals surface area contributed by atoms with Gasteiger partial charge in [-0.25, -0.2) is 15.0 Å². The number of pyridine rings is 2. The molecule has 0 bridgehead atoms. The molecule has 3 aromatic rings. The summed E-state index contributed by atoms with van der Waals surface area (Å²) in [5, 5.41) is 3.28. The van der Waals surface area contributed by atoms with Crippen LogP contribution in [0, 0.1) is 5.95 Å². The van der Waals surface area contributed by atoms with E-state index in [1.54, 1.807) is 30.3 Å². The molecule has 11 heteroatoms. The van der Waals surface area contributed by atoms with Crippen molar-refractivity contribution < 1.29 is 23.4 Å². The zero-order valence-corrected chi connectivity index (χ0v) is 21.3. The number of hydrogen-bond donors (Lipinski definition) is 2. The molecule has 0 saturated carbocycles. The van der Waals surface area contributed by atoms with Gasteiger partial charge in [-0.1, -0.05) is 17.8 Å². The van der Waals surface area contributed by atoms with Gasteiger partial charge in [0.25, 0.3) is 11.9 Å². The fourth-order valence-corrected chi connectivity index (χ4v) is 5.71. The number of hydrogen-bond acceptors (Lipinski definition) is 9. The van der Waals surface area contributed by atoms with Gasteiger partial charge in [0, 0.05) is 22.6 Å². The quantitative estimate of drug-likeness (QED) is 0.471. The molecule has 0 radical (unpaired) electrons. The van der Waals surface area contributed by atoms with Gasteiger partial charge in [0.2, 0.25) is 0 Å². The van der Waals surface area contributed by atoms with Gasteiger partial charge in [0.15, 0.2) is 10.9 Å². The second-order valence-corrected chi connectivity index (χ2v) is 10.1. The molecular formula is C27H24FN5O4S. The fourth-order valence-electron chi connectivity index (χ4n) is 4.88. The first kappa shape index (κ1) is 24.4. The molecule has 0 aliphatic carbocycles. The molecule has 2 aromatic heterocycles. The Morgan fingerprint density at radius 3 is 2.87 bits per heavy atom. The lowest BCUT2D eigenvalue weighted by atomic mass is 9.78. The van der Waals surface area contributed by atoms with Crippen molar-refractivity contribution in [1.29, 1.82) is 0 Å². The summed E-state index contributed by atoms with van der Waals surface area (Å²) in [5.74, 6) is 0.574. The highest BCUT2D eigenvalue weighted by atomic mass is 32.2. The lowest BCUT2D eigenvalue weighted by molar-refractivity contribution is 0.102. The predicted molar refractivity (Wildman–Crippen MR) is 142 cm³/mol. The Bertz CT molecular complexity index is 1490. The van der Waals surface area contributed by atoms with Gasteiger partial charge in [-0.3, -0.25) is 4.79 Å². The van der Waals surface area contributed by atoms with Crippen molar-refractivity contribution >= 4 is 34.1 Å². The SMILES string of the molecule is COc1ccc(C(=O)Nc2ccc3c(c2)C2(CCSC(N)=N2)c2cc(C4=CCCOC4)nc(F)c2O3)nc1. The number of nitrogens with two attached hydrogens (primary N) is 1. The minimum Gasteiger partial charge on any atom is -0.495 e. The van der Waals surface area contributed by atoms with Crippen LogP contribution in [0.25, 0.3) is 5.57 Å². The number of amides is 1. The molecule has 38 heavy (non-hydrogen) atoms. The Morgan fingerprint density at radius 2 is 2.13 bits per heavy atom. The van der Waals surface area contributed by atoms with E-state index in [0.717, 1.165) is 12.0 Å². The van der Waals surface area contributed by atoms with E-state index < -0.39 is 11.5 Å². The van der Waals surface area contributed by atoms with Crippen LogP contribution in [0.4, 0.5) is 10.1 Å². The van der Waals surface area contributed by atoms with Crippen molar-refractivity contribution in [2.75, 3.05) is 31.4 Å². The predicted octanol–water partition coefficient (Wildman–Crippen LogP) is 4.48. The van der Waals surface area contributed by atoms with Crippen LogP contribution >= 0.6 is 11.8 Å². The maximum atomic E-state index is 15.4. The van der Waals surface area contributed by atoms with E-state index in [1.165, 1.54) is 25.1 Å². The molecule has 0 fully saturated rings. The maximum absolute atomic E-state index is 15.4. The third-order valence-electron chi connectivity index (χ3n) is 6.73. The summed E-state index contributed by atoms with van der Waals surface area (Å²) in [6.07, 6.45) is 4.77. The fraction of sp³-hybridized carbons (Fsp3) is 0.259. The molecule has 0 saturated heterocycles. The van der Waals surface area contributed by atoms with Gasteiger partial charge in [0.05, 0.1) is 32.2 Å². The molecule has 3 N–H and O–H groups in total. The minimum atomic E-state index is -1.01. The number of aliphatic imine (C=N–C) groups is 1. The number of nitrogens with zero attached hydrogens (tertiary/aromatic N) is 3. The number of anilines is 1. The molecule has 3 aliphatic heterocycles. The highest BCUT2D eigenvalue weighted by Gasteiger charge is 2.46. The van der Waals surface area contributed by atoms with Crippen molar-refractivity contribution in [3.8, 4) is 17.2 Å². The molecule has 1 spiro atoms. The number of carbonyl (C=O) groups excluding carboxylic acids is 1. The topological polar surface area (TPSA) is 121 Å². The van der Waals surface area contributed by atoms with Crippen molar-refractivity contribution in [3.05, 3.63) is 77.1 Å². The third-order valence-corrected chi connectivity index (χ3v) is 7.53. The number of aromatic nitrogens is 2. The van der Waals surface area contributed by atoms with Gasteiger partial charge in [-0.05, 0) is 54.8 Å². The summed E-state index contributed by atoms with van der Waals surface area (Å²) in [5.41, 5.74) is 8.50. The van der Waals surface area contributed by atoms with E-state index in [-0.39, 0.29) is 17.4 Å². The van der Waals surface area contributed by atoms with E-state index in [9.17, 15) is 4.79 Å². The molecule has 1 amide bonds. The van der Waals surface area contributed by atoms with Crippen LogP contribution in [0.3, 0.4) is 0 Å². The normalized spacial score (nSPS) is 19.9. The van der Waals surface area contributed by atoms with E-state index in [2.05, 4.69) is 15.3 Å². The molecule has 194 valence electrons. The van der Waals surface area contributed by atoms with Crippen LogP contribution in [0.15, 0.2) is 53.7 Å². The highest BCUT2D eigenvalue weighted by molar-refractivity contribution is 8.13. The Labute approximate surface area is 222 Å². The molecular weight excluding hydrogens is 509 g/mol. The van der Waals surface area contributed by atoms with Crippen LogP contribution in [-0.4, -0.2) is 47.1 Å². The van der Waals surface area contributed by atoms with Crippen molar-refractivity contribution in [1.82, 2.24) is 9.97 Å². The van der Waals surface area contributed by atoms with Crippen LogP contribution in [0.1, 0.15) is 40.2 Å². The van der Waals surface area contributed by atoms with Crippen LogP contribution in [-0.2, 0) is 10.3 Å². The standard InChI is InChI=1S/C27H24FN5O4S/c1-35-17-5-6-20(30-13-17)25(34)31-16-4-7-22-18(11-16)27(8-10-38-26(29)33-27)19-12-21(15-3-2-9-36-14-15)32-24(28)23(19)37-22/h3-7,11-13H,2,8-10,14H2,1H3,(H2,29,33)(H,31,34). The Kier molecular flexibility index (Phi) is 6.24. The zero-order valence-electron chi connectivity index (χ0n) is 20.5. The lowest BCUT2D eigenvalue weighted by Crippen LogP contribution is -2.36. The van der Waals surface area contributed by atoms with E-state index in [1.807, 2.05) is 12.1 Å². The second kappa shape index (κ2) is 9.73. The van der Waals surface area contributed by atoms with E-state index in [4.69, 9.17) is 24.9 Å². The molecule has 1 aromatic carbocycles. The van der Waals surface area contributed by atoms with Gasteiger partial charge >= 0.3 is 0 Å². The summed E-state index contributed by atoms with van der Waals surface area (Å²) >= 11 is 1.44. The minimum absolute atomic E-state index is 0.0289. The van der Waals surface area contributed by atoms with E-state index >= 15 is 4.39 Å². The second-order valence-electron chi connectivity index (χ2n) is 9.00. The number of ether oxygens (including phenoxy) is 3. The average molecular weight is 534 g/mol. The number of rotatable bonds is 4. The van der Waals surface area contributed by atoms with Crippen molar-refractivity contribution in [2.24, 2.45) is 10.7 Å². The average Bonchev–Trinajstić information content (AvgIpc) is 2.94. The molecule has 3 aliphatic rings. The van der Waals surface area contributed by atoms with Gasteiger partial charge in [-0.2, -0.15) is 4.39 Å². The van der Waals surface area contributed by atoms with Crippen molar-refractivity contribution in [2.45, 2.75) is 18.4 Å². The smallest absolute Gasteiger partial charge is 0.274 e. The maximum Gasteiger partial charge on any atom is 0.274 e. The summed E-state index contributed by atoms with van der Waals surface area (Å²) in [6, 6.07) is 10.2. The number of nitrogens with one attached hydrogen (secondary N) is 1. The first-order valence-electron chi connectivity index (χ1n) is 12.1. The number of methoxy groups -OCH3 is 1. The summed E-state index contributed by atoms with van der Waals surface area (Å²) in [6.45, 7) is 0.975. The Hall–Kier alpha value is -3.96. The third kappa shape index (κ3) is 4.27. The van der Waals surface area contributed by atoms with Crippen LogP contribution in [0.2, 0.25) is 0 Å². The highest BCUT2D eigenvalue weighted by Crippen LogP contribution is 2.54. The molecule has 5 heterocycles. The van der Waals surface area contributed by atoms with Crippen LogP contribution in [0.5, 0.6) is 17.2 Å². The molecule has 1 unspecified atom stereocenters. The summed E-state index contributed by atoms with van der Waals surface area (Å²) in [7, 11) is 1.53. The number of benzene rings is 1. The Morgan fingerprint density at radius 1 is 1.24 bits per heavy atom. The van der Waals surface area contributed by atoms with Crippen LogP contribution < -0.4 is 20.5 Å². The lowest BCUT2D eigenvalue weighted by Gasteiger charge is -2.39. The summed E-state index contributed by atoms with van der Waals surface area (Å²) < 4.78 is 32.2. The number of fused-ring (bicyclic) bond motifs is 4. The number of halogens is 1. The number of amidine groups is 1. The largest absolute Gasteiger partial charge is 0.495 e. The Balaban J connectivity index is 1.43. The summed E-state index contributed by atoms with van der Waals surface area (Å²) in [4.78, 5) is 26.1. The van der Waals surface area contributed by atoms with E-state index in [0.29, 0.717) is 64.6 Å². The molecule has 6 rings (SSSR count). The molecule has 1 atom stereocenters. The van der Waals surface area contributed by atoms with Crippen molar-refractivity contribution in [3.63, 3.8) is 0 Å². The number of thioether (sulfide) groups is 1. The zero-order chi connectivity index (χ0) is 26.3. The van der Waals surface area contributed by atoms with Gasteiger partial charge in [0.1, 0.15) is 22.7 Å². The monoisotopic (exact) mass is 533 g/mol.